The first kappa shape index (κ1) is 3.88. The van der Waals surface area contributed by atoms with Gasteiger partial charge in [-0.1, -0.05) is 0 Å². The Morgan fingerprint density at radius 3 is 2.25 bits per heavy atom. The fourth-order valence-corrected chi connectivity index (χ4v) is 0. The topological polar surface area (TPSA) is 45.1 Å². The molecule has 0 saturated heterocycles. The first-order valence-corrected chi connectivity index (χ1v) is 0.862. The molecule has 25 valence electrons. The summed E-state index contributed by atoms with van der Waals surface area (Å²) in [5, 5.41) is 0. The highest BCUT2D eigenvalue weighted by Gasteiger charge is 1.46. The van der Waals surface area contributed by atoms with Crippen LogP contribution in [0.5, 0.6) is 0 Å². The van der Waals surface area contributed by atoms with Crippen molar-refractivity contribution in [1.29, 1.82) is 0 Å². The highest BCUT2D eigenvalue weighted by Crippen LogP contribution is 1.29. The fourth-order valence-electron chi connectivity index (χ4n) is 0. The maximum atomic E-state index is 5.98. The Morgan fingerprint density at radius 1 is 2.00 bits per heavy atom. The molecule has 0 spiro atoms. The van der Waals surface area contributed by atoms with Gasteiger partial charge >= 0.3 is 0 Å². The Morgan fingerprint density at radius 2 is 2.25 bits per heavy atom. The van der Waals surface area contributed by atoms with E-state index in [0.717, 1.165) is 0 Å². The van der Waals surface area contributed by atoms with Crippen LogP contribution >= 0.6 is 0 Å². The van der Waals surface area contributed by atoms with Crippen LogP contribution in [0.15, 0.2) is 0 Å². The third kappa shape index (κ3) is 1.88. The summed E-state index contributed by atoms with van der Waals surface area (Å²) in [6.07, 6.45) is 0. The van der Waals surface area contributed by atoms with Gasteiger partial charge in [-0.15, -0.1) is 5.59 Å². The zero-order chi connectivity index (χ0) is 3.41. The van der Waals surface area contributed by atoms with Gasteiger partial charge in [0.1, 0.15) is 0 Å². The Labute approximate surface area is 24.7 Å². The summed E-state index contributed by atoms with van der Waals surface area (Å²) < 4.78 is 0. The molecule has 0 atom stereocenters. The van der Waals surface area contributed by atoms with E-state index in [1.54, 1.807) is 5.59 Å². The minimum absolute atomic E-state index is 1.38. The Kier molecular flexibility index (Phi) is 2.79. The SMILES string of the molecule is CON[NH]. The monoisotopic (exact) mass is 61.0 g/mol. The van der Waals surface area contributed by atoms with Crippen LogP contribution in [0.25, 0.3) is 0 Å². The molecule has 3 nitrogen and oxygen atoms in total. The van der Waals surface area contributed by atoms with Crippen LogP contribution in [-0.2, 0) is 4.84 Å². The Balaban J connectivity index is 1.97. The normalized spacial score (nSPS) is 7.50. The summed E-state index contributed by atoms with van der Waals surface area (Å²) >= 11 is 0. The van der Waals surface area contributed by atoms with E-state index in [4.69, 9.17) is 5.84 Å². The second-order valence-electron chi connectivity index (χ2n) is 0.306. The van der Waals surface area contributed by atoms with Crippen molar-refractivity contribution in [2.45, 2.75) is 0 Å². The fraction of sp³-hybridized carbons (Fsp3) is 1.00. The minimum atomic E-state index is 1.38. The molecule has 0 unspecified atom stereocenters. The molecular weight excluding hydrogens is 56.0 g/mol. The molecule has 0 saturated carbocycles. The molecule has 0 bridgehead atoms. The van der Waals surface area contributed by atoms with Crippen LogP contribution < -0.4 is 11.4 Å². The number of hydrogen-bond donors (Lipinski definition) is 1. The molecule has 4 heavy (non-hydrogen) atoms. The summed E-state index contributed by atoms with van der Waals surface area (Å²) in [4.78, 5) is 3.96. The van der Waals surface area contributed by atoms with E-state index in [1.807, 2.05) is 0 Å². The number of hydrogen-bond acceptors (Lipinski definition) is 2. The lowest BCUT2D eigenvalue weighted by Crippen LogP contribution is -2.05. The van der Waals surface area contributed by atoms with Crippen molar-refractivity contribution in [1.82, 2.24) is 11.4 Å². The van der Waals surface area contributed by atoms with Crippen LogP contribution in [0.1, 0.15) is 0 Å². The van der Waals surface area contributed by atoms with Crippen molar-refractivity contribution in [2.24, 2.45) is 0 Å². The molecule has 0 fully saturated rings. The van der Waals surface area contributed by atoms with Crippen LogP contribution in [0.4, 0.5) is 0 Å². The van der Waals surface area contributed by atoms with E-state index in [9.17, 15) is 0 Å². The van der Waals surface area contributed by atoms with E-state index in [-0.39, 0.29) is 0 Å². The van der Waals surface area contributed by atoms with Crippen molar-refractivity contribution in [3.05, 3.63) is 0 Å². The van der Waals surface area contributed by atoms with Crippen molar-refractivity contribution in [3.63, 3.8) is 0 Å². The number of rotatable bonds is 1. The summed E-state index contributed by atoms with van der Waals surface area (Å²) in [5.74, 6) is 5.98. The lowest BCUT2D eigenvalue weighted by molar-refractivity contribution is 0.0856. The van der Waals surface area contributed by atoms with Crippen LogP contribution in [-0.4, -0.2) is 7.11 Å². The average molecular weight is 61.1 g/mol. The smallest absolute Gasteiger partial charge is 0.0589 e. The van der Waals surface area contributed by atoms with Crippen LogP contribution in [0.3, 0.4) is 0 Å². The molecule has 0 rings (SSSR count). The van der Waals surface area contributed by atoms with Gasteiger partial charge in [0.15, 0.2) is 0 Å². The van der Waals surface area contributed by atoms with Crippen molar-refractivity contribution < 1.29 is 4.84 Å². The molecule has 0 aromatic rings. The van der Waals surface area contributed by atoms with E-state index < -0.39 is 0 Å². The van der Waals surface area contributed by atoms with Crippen LogP contribution in [0.2, 0.25) is 0 Å². The minimum Gasteiger partial charge on any atom is -0.289 e. The highest BCUT2D eigenvalue weighted by atomic mass is 16.7. The van der Waals surface area contributed by atoms with E-state index in [0.29, 0.717) is 0 Å². The Bertz CT molecular complexity index is 8.00. The molecule has 0 aliphatic carbocycles. The summed E-state index contributed by atoms with van der Waals surface area (Å²) in [5.41, 5.74) is 1.68. The summed E-state index contributed by atoms with van der Waals surface area (Å²) in [6.45, 7) is 0. The maximum absolute atomic E-state index is 5.98. The molecule has 0 aliphatic heterocycles. The molecule has 0 amide bonds. The third-order valence-corrected chi connectivity index (χ3v) is 0.102. The van der Waals surface area contributed by atoms with Crippen molar-refractivity contribution in [2.75, 3.05) is 7.11 Å². The molecule has 0 aliphatic rings. The van der Waals surface area contributed by atoms with E-state index in [2.05, 4.69) is 4.84 Å². The van der Waals surface area contributed by atoms with Gasteiger partial charge < -0.3 is 0 Å². The molecule has 3 heteroatoms. The lowest BCUT2D eigenvalue weighted by atomic mass is 11.7. The highest BCUT2D eigenvalue weighted by molar-refractivity contribution is 3.60. The van der Waals surface area contributed by atoms with Gasteiger partial charge in [0.2, 0.25) is 0 Å². The first-order valence-electron chi connectivity index (χ1n) is 0.862. The largest absolute Gasteiger partial charge is 0.289 e. The van der Waals surface area contributed by atoms with Gasteiger partial charge in [0.25, 0.3) is 0 Å². The van der Waals surface area contributed by atoms with E-state index >= 15 is 0 Å². The van der Waals surface area contributed by atoms with Crippen LogP contribution in [0, 0.1) is 0 Å². The summed E-state index contributed by atoms with van der Waals surface area (Å²) in [6, 6.07) is 0. The lowest BCUT2D eigenvalue weighted by Gasteiger charge is -1.78. The quantitative estimate of drug-likeness (QED) is 0.409. The molecular formula is CH5N2O. The predicted octanol–water partition coefficient (Wildman–Crippen LogP) is -0.665. The zero-order valence-electron chi connectivity index (χ0n) is 2.41. The predicted molar refractivity (Wildman–Crippen MR) is 13.2 cm³/mol. The van der Waals surface area contributed by atoms with Gasteiger partial charge in [0, 0.05) is 0 Å². The molecule has 2 N–H and O–H groups in total. The zero-order valence-corrected chi connectivity index (χ0v) is 2.41. The van der Waals surface area contributed by atoms with Gasteiger partial charge in [-0.3, -0.25) is 4.84 Å². The Hall–Kier alpha value is -0.120. The number of nitrogens with one attached hydrogen (secondary N) is 2. The molecule has 0 heterocycles. The summed E-state index contributed by atoms with van der Waals surface area (Å²) in [7, 11) is 1.38. The van der Waals surface area contributed by atoms with Crippen molar-refractivity contribution in [3.8, 4) is 0 Å². The molecule has 0 aromatic heterocycles. The van der Waals surface area contributed by atoms with E-state index in [1.165, 1.54) is 7.11 Å². The maximum Gasteiger partial charge on any atom is 0.0589 e. The second-order valence-corrected chi connectivity index (χ2v) is 0.306. The second kappa shape index (κ2) is 2.88. The molecule has 1 radical (unpaired) electrons. The average Bonchev–Trinajstić information content (AvgIpc) is 1.37. The van der Waals surface area contributed by atoms with Gasteiger partial charge in [-0.05, 0) is 0 Å². The van der Waals surface area contributed by atoms with Crippen molar-refractivity contribution >= 4 is 0 Å². The van der Waals surface area contributed by atoms with Gasteiger partial charge in [-0.25, -0.2) is 0 Å². The standard InChI is InChI=1S/CH5N2O/c1-4-3-2/h2-3H,1H3. The van der Waals surface area contributed by atoms with Gasteiger partial charge in [-0.2, -0.15) is 5.84 Å². The third-order valence-electron chi connectivity index (χ3n) is 0.102. The molecule has 0 aromatic carbocycles. The first-order chi connectivity index (χ1) is 1.91. The van der Waals surface area contributed by atoms with Gasteiger partial charge in [0.05, 0.1) is 7.11 Å².